The molecule has 0 aromatic heterocycles. The van der Waals surface area contributed by atoms with Gasteiger partial charge in [0, 0.05) is 18.3 Å². The molecule has 5 atom stereocenters. The highest BCUT2D eigenvalue weighted by Crippen LogP contribution is 2.61. The van der Waals surface area contributed by atoms with Crippen LogP contribution < -0.4 is 19.9 Å². The Bertz CT molecular complexity index is 2650. The van der Waals surface area contributed by atoms with Gasteiger partial charge in [0.1, 0.15) is 24.2 Å². The second-order valence-electron chi connectivity index (χ2n) is 14.5. The van der Waals surface area contributed by atoms with Gasteiger partial charge in [-0.15, -0.1) is 0 Å². The Morgan fingerprint density at radius 1 is 0.608 bits per heavy atom. The van der Waals surface area contributed by atoms with E-state index in [1.807, 2.05) is 0 Å². The van der Waals surface area contributed by atoms with Gasteiger partial charge in [0.15, 0.2) is 0 Å². The van der Waals surface area contributed by atoms with Crippen LogP contribution in [0.2, 0.25) is 0 Å². The molecule has 7 aromatic carbocycles. The van der Waals surface area contributed by atoms with Crippen LogP contribution in [0.1, 0.15) is 34.6 Å². The maximum Gasteiger partial charge on any atom is 0.202 e. The lowest BCUT2D eigenvalue weighted by atomic mass is 9.62. The zero-order valence-electron chi connectivity index (χ0n) is 28.1. The van der Waals surface area contributed by atoms with Crippen molar-refractivity contribution in [3.63, 3.8) is 0 Å². The molecule has 4 aliphatic rings. The highest BCUT2D eigenvalue weighted by atomic mass is 16.7. The Balaban J connectivity index is 1.16. The highest BCUT2D eigenvalue weighted by molar-refractivity contribution is 5.93. The van der Waals surface area contributed by atoms with E-state index >= 15 is 0 Å². The molecule has 2 fully saturated rings. The first-order valence-electron chi connectivity index (χ1n) is 18.1. The van der Waals surface area contributed by atoms with E-state index in [4.69, 9.17) is 18.9 Å². The molecule has 7 aromatic rings. The Labute approximate surface area is 296 Å². The monoisotopic (exact) mass is 664 g/mol. The van der Waals surface area contributed by atoms with Crippen LogP contribution in [0.5, 0.6) is 11.5 Å². The molecule has 4 heteroatoms. The number of benzene rings is 7. The first-order valence-corrected chi connectivity index (χ1v) is 18.1. The minimum Gasteiger partial charge on any atom is -0.491 e. The predicted molar refractivity (Wildman–Crippen MR) is 203 cm³/mol. The van der Waals surface area contributed by atoms with Crippen LogP contribution in [0.4, 0.5) is 0 Å². The van der Waals surface area contributed by atoms with Gasteiger partial charge in [-0.25, -0.2) is 0 Å². The van der Waals surface area contributed by atoms with Gasteiger partial charge in [-0.3, -0.25) is 0 Å². The Hall–Kier alpha value is -5.42. The van der Waals surface area contributed by atoms with Crippen LogP contribution in [0.15, 0.2) is 133 Å². The van der Waals surface area contributed by atoms with Crippen molar-refractivity contribution in [1.82, 2.24) is 0 Å². The summed E-state index contributed by atoms with van der Waals surface area (Å²) >= 11 is 0. The quantitative estimate of drug-likeness (QED) is 0.161. The van der Waals surface area contributed by atoms with Crippen molar-refractivity contribution in [2.75, 3.05) is 19.8 Å². The lowest BCUT2D eigenvalue weighted by molar-refractivity contribution is -0.165. The van der Waals surface area contributed by atoms with Crippen molar-refractivity contribution in [2.45, 2.75) is 30.1 Å². The summed E-state index contributed by atoms with van der Waals surface area (Å²) in [6, 6.07) is 49.6. The third-order valence-electron chi connectivity index (χ3n) is 11.6. The minimum absolute atomic E-state index is 0.143. The van der Waals surface area contributed by atoms with Gasteiger partial charge in [-0.1, -0.05) is 109 Å². The normalized spacial score (nSPS) is 24.2. The van der Waals surface area contributed by atoms with E-state index in [1.54, 1.807) is 0 Å². The molecule has 2 aliphatic carbocycles. The average Bonchev–Trinajstić information content (AvgIpc) is 3.95. The highest BCUT2D eigenvalue weighted by Gasteiger charge is 2.53. The average molecular weight is 665 g/mol. The molecule has 2 saturated heterocycles. The van der Waals surface area contributed by atoms with E-state index in [0.717, 1.165) is 36.5 Å². The van der Waals surface area contributed by atoms with Crippen molar-refractivity contribution >= 4 is 44.5 Å². The maximum atomic E-state index is 6.10. The van der Waals surface area contributed by atoms with Gasteiger partial charge < -0.3 is 18.9 Å². The summed E-state index contributed by atoms with van der Waals surface area (Å²) in [5.74, 6) is 2.09. The fourth-order valence-corrected chi connectivity index (χ4v) is 9.02. The molecular weight excluding hydrogens is 629 g/mol. The summed E-state index contributed by atoms with van der Waals surface area (Å²) in [4.78, 5) is 0. The molecular formula is C47H36O4. The van der Waals surface area contributed by atoms with E-state index in [1.165, 1.54) is 59.6 Å². The largest absolute Gasteiger partial charge is 0.491 e. The molecule has 5 unspecified atom stereocenters. The molecule has 51 heavy (non-hydrogen) atoms. The van der Waals surface area contributed by atoms with E-state index < -0.39 is 5.41 Å². The van der Waals surface area contributed by atoms with Crippen molar-refractivity contribution in [3.8, 4) is 11.5 Å². The fraction of sp³-hybridized carbons (Fsp3) is 0.191. The van der Waals surface area contributed by atoms with Gasteiger partial charge in [0.2, 0.25) is 6.29 Å². The SMILES string of the molecule is C1=c2ccccc2=CC2C1c1c(ccc3ccccc13)C2(c1ccc2cc(OCC3CO3)ccc2c1)c1ccc2cc(OC3CCO3)ccc2c1. The fourth-order valence-electron chi connectivity index (χ4n) is 9.02. The topological polar surface area (TPSA) is 40.2 Å². The number of epoxide rings is 1. The van der Waals surface area contributed by atoms with Gasteiger partial charge in [-0.2, -0.15) is 0 Å². The third kappa shape index (κ3) is 4.67. The molecule has 0 N–H and O–H groups in total. The van der Waals surface area contributed by atoms with Crippen LogP contribution in [0, 0.1) is 5.92 Å². The first-order chi connectivity index (χ1) is 25.2. The van der Waals surface area contributed by atoms with Crippen LogP contribution in [0.3, 0.4) is 0 Å². The summed E-state index contributed by atoms with van der Waals surface area (Å²) in [7, 11) is 0. The Kier molecular flexibility index (Phi) is 6.49. The summed E-state index contributed by atoms with van der Waals surface area (Å²) < 4.78 is 23.1. The summed E-state index contributed by atoms with van der Waals surface area (Å²) in [6.07, 6.45) is 6.11. The van der Waals surface area contributed by atoms with Gasteiger partial charge in [-0.05, 0) is 101 Å². The van der Waals surface area contributed by atoms with E-state index in [0.29, 0.717) is 6.61 Å². The molecule has 2 heterocycles. The lowest BCUT2D eigenvalue weighted by Crippen LogP contribution is -2.39. The molecule has 248 valence electrons. The number of ether oxygens (including phenoxy) is 4. The Morgan fingerprint density at radius 3 is 1.96 bits per heavy atom. The molecule has 0 amide bonds. The summed E-state index contributed by atoms with van der Waals surface area (Å²) in [5, 5.41) is 9.94. The number of fused-ring (bicyclic) bond motifs is 8. The predicted octanol–water partition coefficient (Wildman–Crippen LogP) is 8.37. The van der Waals surface area contributed by atoms with Gasteiger partial charge in [0.05, 0.1) is 18.6 Å². The van der Waals surface area contributed by atoms with Gasteiger partial charge in [0.25, 0.3) is 0 Å². The number of hydrogen-bond donors (Lipinski definition) is 0. The molecule has 0 spiro atoms. The summed E-state index contributed by atoms with van der Waals surface area (Å²) in [5.41, 5.74) is 4.94. The smallest absolute Gasteiger partial charge is 0.202 e. The second kappa shape index (κ2) is 11.3. The third-order valence-corrected chi connectivity index (χ3v) is 11.6. The van der Waals surface area contributed by atoms with Crippen molar-refractivity contribution in [1.29, 1.82) is 0 Å². The molecule has 4 nitrogen and oxygen atoms in total. The Morgan fingerprint density at radius 2 is 1.24 bits per heavy atom. The second-order valence-corrected chi connectivity index (χ2v) is 14.5. The zero-order valence-corrected chi connectivity index (χ0v) is 28.1. The van der Waals surface area contributed by atoms with Crippen molar-refractivity contribution in [2.24, 2.45) is 5.92 Å². The molecule has 0 saturated carbocycles. The maximum absolute atomic E-state index is 6.10. The molecule has 0 radical (unpaired) electrons. The van der Waals surface area contributed by atoms with Crippen LogP contribution in [-0.2, 0) is 14.9 Å². The van der Waals surface area contributed by atoms with Crippen molar-refractivity contribution < 1.29 is 18.9 Å². The standard InChI is InChI=1S/C47H36O4/c1-2-7-31-26-44-42(25-30(31)6-1)46-41-8-4-3-5-29(41)13-18-43(46)47(44,36-14-9-34-23-38(16-11-32(34)21-36)49-27-40-28-50-40)37-15-10-35-24-39(17-12-33(35)22-37)51-45-19-20-48-45/h1-18,21-26,40,42,44-45H,19-20,27-28H2. The van der Waals surface area contributed by atoms with Crippen LogP contribution in [0.25, 0.3) is 44.5 Å². The van der Waals surface area contributed by atoms with E-state index in [-0.39, 0.29) is 24.2 Å². The van der Waals surface area contributed by atoms with Crippen LogP contribution >= 0.6 is 0 Å². The molecule has 2 aliphatic heterocycles. The summed E-state index contributed by atoms with van der Waals surface area (Å²) in [6.45, 7) is 2.15. The number of hydrogen-bond acceptors (Lipinski definition) is 4. The molecule has 11 rings (SSSR count). The van der Waals surface area contributed by atoms with E-state index in [2.05, 4.69) is 146 Å². The first kappa shape index (κ1) is 29.3. The van der Waals surface area contributed by atoms with E-state index in [9.17, 15) is 0 Å². The van der Waals surface area contributed by atoms with Crippen molar-refractivity contribution in [3.05, 3.63) is 166 Å². The lowest BCUT2D eigenvalue weighted by Gasteiger charge is -2.39. The molecule has 0 bridgehead atoms. The number of rotatable bonds is 7. The zero-order chi connectivity index (χ0) is 33.5. The minimum atomic E-state index is -0.454. The van der Waals surface area contributed by atoms with Gasteiger partial charge >= 0.3 is 0 Å². The van der Waals surface area contributed by atoms with Crippen LogP contribution in [-0.4, -0.2) is 32.2 Å².